The smallest absolute Gasteiger partial charge is 0.133 e. The van der Waals surface area contributed by atoms with E-state index in [0.29, 0.717) is 6.04 Å². The van der Waals surface area contributed by atoms with E-state index in [1.807, 2.05) is 6.20 Å². The van der Waals surface area contributed by atoms with Gasteiger partial charge >= 0.3 is 0 Å². The van der Waals surface area contributed by atoms with Crippen LogP contribution in [0.4, 0.5) is 5.82 Å². The van der Waals surface area contributed by atoms with Crippen molar-refractivity contribution in [2.75, 3.05) is 11.4 Å². The monoisotopic (exact) mass is 351 g/mol. The molecule has 116 valence electrons. The summed E-state index contributed by atoms with van der Waals surface area (Å²) in [6, 6.07) is 3.46. The van der Waals surface area contributed by atoms with Gasteiger partial charge in [-0.3, -0.25) is 0 Å². The summed E-state index contributed by atoms with van der Waals surface area (Å²) in [5.74, 6) is 2.11. The molecule has 0 bridgehead atoms. The van der Waals surface area contributed by atoms with Gasteiger partial charge in [0.25, 0.3) is 0 Å². The maximum Gasteiger partial charge on any atom is 0.133 e. The molecule has 2 atom stereocenters. The van der Waals surface area contributed by atoms with Gasteiger partial charge in [-0.2, -0.15) is 0 Å². The second-order valence-corrected chi connectivity index (χ2v) is 7.68. The van der Waals surface area contributed by atoms with Gasteiger partial charge in [0.1, 0.15) is 5.82 Å². The molecule has 2 heterocycles. The largest absolute Gasteiger partial charge is 0.353 e. The van der Waals surface area contributed by atoms with Crippen LogP contribution in [0.3, 0.4) is 0 Å². The standard InChI is InChI=1S/C17H26BrN3/c1-12(2)19-10-14-9-15(18)11-20-17(14)21-8-4-6-13-5-3-7-16(13)21/h9,11-13,16,19H,3-8,10H2,1-2H3. The topological polar surface area (TPSA) is 28.2 Å². The summed E-state index contributed by atoms with van der Waals surface area (Å²) in [6.45, 7) is 6.45. The number of fused-ring (bicyclic) bond motifs is 1. The Hall–Kier alpha value is -0.610. The number of anilines is 1. The van der Waals surface area contributed by atoms with Crippen molar-refractivity contribution < 1.29 is 0 Å². The Morgan fingerprint density at radius 1 is 1.33 bits per heavy atom. The van der Waals surface area contributed by atoms with Crippen LogP contribution in [-0.2, 0) is 6.54 Å². The first kappa shape index (κ1) is 15.3. The molecule has 2 aliphatic rings. The number of pyridine rings is 1. The number of aromatic nitrogens is 1. The van der Waals surface area contributed by atoms with E-state index >= 15 is 0 Å². The molecule has 1 aromatic heterocycles. The van der Waals surface area contributed by atoms with E-state index in [-0.39, 0.29) is 0 Å². The first-order valence-electron chi connectivity index (χ1n) is 8.29. The van der Waals surface area contributed by atoms with Crippen LogP contribution in [0, 0.1) is 5.92 Å². The first-order chi connectivity index (χ1) is 10.1. The second-order valence-electron chi connectivity index (χ2n) is 6.77. The van der Waals surface area contributed by atoms with Crippen LogP contribution in [0.25, 0.3) is 0 Å². The van der Waals surface area contributed by atoms with Gasteiger partial charge in [0, 0.05) is 41.4 Å². The third-order valence-corrected chi connectivity index (χ3v) is 5.31. The number of piperidine rings is 1. The van der Waals surface area contributed by atoms with Crippen molar-refractivity contribution in [3.8, 4) is 0 Å². The lowest BCUT2D eigenvalue weighted by atomic mass is 9.91. The Kier molecular flexibility index (Phi) is 4.85. The molecule has 21 heavy (non-hydrogen) atoms. The van der Waals surface area contributed by atoms with Crippen molar-refractivity contribution >= 4 is 21.7 Å². The molecule has 2 fully saturated rings. The lowest BCUT2D eigenvalue weighted by Crippen LogP contribution is -2.43. The zero-order chi connectivity index (χ0) is 14.8. The van der Waals surface area contributed by atoms with Crippen LogP contribution in [0.15, 0.2) is 16.7 Å². The molecule has 1 saturated carbocycles. The molecule has 0 aromatic carbocycles. The van der Waals surface area contributed by atoms with Gasteiger partial charge in [-0.15, -0.1) is 0 Å². The minimum absolute atomic E-state index is 0.498. The molecule has 0 radical (unpaired) electrons. The molecule has 3 rings (SSSR count). The van der Waals surface area contributed by atoms with Crippen molar-refractivity contribution in [3.63, 3.8) is 0 Å². The first-order valence-corrected chi connectivity index (χ1v) is 9.09. The predicted octanol–water partition coefficient (Wildman–Crippen LogP) is 4.11. The number of nitrogens with zero attached hydrogens (tertiary/aromatic N) is 2. The predicted molar refractivity (Wildman–Crippen MR) is 91.6 cm³/mol. The highest BCUT2D eigenvalue weighted by Crippen LogP contribution is 2.39. The summed E-state index contributed by atoms with van der Waals surface area (Å²) in [7, 11) is 0. The molecule has 4 heteroatoms. The van der Waals surface area contributed by atoms with Gasteiger partial charge in [0.05, 0.1) is 0 Å². The van der Waals surface area contributed by atoms with Crippen LogP contribution in [0.2, 0.25) is 0 Å². The average Bonchev–Trinajstić information content (AvgIpc) is 2.93. The Labute approximate surface area is 136 Å². The lowest BCUT2D eigenvalue weighted by molar-refractivity contribution is 0.359. The van der Waals surface area contributed by atoms with Crippen molar-refractivity contribution in [1.82, 2.24) is 10.3 Å². The highest BCUT2D eigenvalue weighted by Gasteiger charge is 2.36. The van der Waals surface area contributed by atoms with E-state index in [1.54, 1.807) is 0 Å². The van der Waals surface area contributed by atoms with Crippen molar-refractivity contribution in [2.45, 2.75) is 64.6 Å². The Morgan fingerprint density at radius 2 is 2.14 bits per heavy atom. The third kappa shape index (κ3) is 3.42. The van der Waals surface area contributed by atoms with Crippen LogP contribution < -0.4 is 10.2 Å². The number of hydrogen-bond acceptors (Lipinski definition) is 3. The molecule has 3 nitrogen and oxygen atoms in total. The fraction of sp³-hybridized carbons (Fsp3) is 0.706. The second kappa shape index (κ2) is 6.66. The molecule has 0 amide bonds. The SMILES string of the molecule is CC(C)NCc1cc(Br)cnc1N1CCCC2CCCC21. The van der Waals surface area contributed by atoms with Crippen LogP contribution in [0.5, 0.6) is 0 Å². The van der Waals surface area contributed by atoms with Crippen LogP contribution in [0.1, 0.15) is 51.5 Å². The fourth-order valence-corrected chi connectivity index (χ4v) is 4.27. The third-order valence-electron chi connectivity index (χ3n) is 4.88. The number of halogens is 1. The molecular formula is C17H26BrN3. The number of nitrogens with one attached hydrogen (secondary N) is 1. The quantitative estimate of drug-likeness (QED) is 0.884. The molecule has 1 aliphatic carbocycles. The Balaban J connectivity index is 1.86. The molecule has 1 N–H and O–H groups in total. The molecular weight excluding hydrogens is 326 g/mol. The fourth-order valence-electron chi connectivity index (χ4n) is 3.89. The van der Waals surface area contributed by atoms with Gasteiger partial charge in [-0.25, -0.2) is 4.98 Å². The van der Waals surface area contributed by atoms with Crippen LogP contribution in [-0.4, -0.2) is 23.6 Å². The molecule has 1 aromatic rings. The molecule has 1 saturated heterocycles. The Morgan fingerprint density at radius 3 is 2.95 bits per heavy atom. The van der Waals surface area contributed by atoms with Gasteiger partial charge in [0.15, 0.2) is 0 Å². The number of rotatable bonds is 4. The van der Waals surface area contributed by atoms with E-state index < -0.39 is 0 Å². The van der Waals surface area contributed by atoms with Gasteiger partial charge < -0.3 is 10.2 Å². The van der Waals surface area contributed by atoms with Gasteiger partial charge in [-0.1, -0.05) is 20.3 Å². The van der Waals surface area contributed by atoms with Gasteiger partial charge in [-0.05, 0) is 53.6 Å². The Bertz CT molecular complexity index is 489. The zero-order valence-electron chi connectivity index (χ0n) is 13.1. The van der Waals surface area contributed by atoms with E-state index in [0.717, 1.165) is 23.0 Å². The molecule has 0 spiro atoms. The summed E-state index contributed by atoms with van der Waals surface area (Å²) in [4.78, 5) is 7.38. The lowest BCUT2D eigenvalue weighted by Gasteiger charge is -2.39. The van der Waals surface area contributed by atoms with Gasteiger partial charge in [0.2, 0.25) is 0 Å². The summed E-state index contributed by atoms with van der Waals surface area (Å²) < 4.78 is 1.08. The maximum atomic E-state index is 4.78. The number of hydrogen-bond donors (Lipinski definition) is 1. The summed E-state index contributed by atoms with van der Waals surface area (Å²) in [5, 5.41) is 3.54. The average molecular weight is 352 g/mol. The normalized spacial score (nSPS) is 25.4. The highest BCUT2D eigenvalue weighted by atomic mass is 79.9. The van der Waals surface area contributed by atoms with Crippen molar-refractivity contribution in [1.29, 1.82) is 0 Å². The zero-order valence-corrected chi connectivity index (χ0v) is 14.7. The van der Waals surface area contributed by atoms with E-state index in [1.165, 1.54) is 50.0 Å². The molecule has 1 aliphatic heterocycles. The molecule has 2 unspecified atom stereocenters. The minimum atomic E-state index is 0.498. The summed E-state index contributed by atoms with van der Waals surface area (Å²) >= 11 is 3.57. The van der Waals surface area contributed by atoms with Crippen LogP contribution >= 0.6 is 15.9 Å². The summed E-state index contributed by atoms with van der Waals surface area (Å²) in [6.07, 6.45) is 8.83. The highest BCUT2D eigenvalue weighted by molar-refractivity contribution is 9.10. The maximum absolute atomic E-state index is 4.78. The van der Waals surface area contributed by atoms with Crippen molar-refractivity contribution in [2.24, 2.45) is 5.92 Å². The minimum Gasteiger partial charge on any atom is -0.353 e. The van der Waals surface area contributed by atoms with E-state index in [2.05, 4.69) is 46.1 Å². The van der Waals surface area contributed by atoms with E-state index in [4.69, 9.17) is 4.98 Å². The summed E-state index contributed by atoms with van der Waals surface area (Å²) in [5.41, 5.74) is 1.32. The van der Waals surface area contributed by atoms with E-state index in [9.17, 15) is 0 Å². The van der Waals surface area contributed by atoms with Crippen molar-refractivity contribution in [3.05, 3.63) is 22.3 Å².